The zero-order valence-electron chi connectivity index (χ0n) is 11.9. The first-order valence-electron chi connectivity index (χ1n) is 6.88. The Hall–Kier alpha value is -2.37. The Morgan fingerprint density at radius 1 is 1.05 bits per heavy atom. The number of para-hydroxylation sites is 1. The SMILES string of the molecule is C=CC(NS(=O)(=O)c1ccccc1)c1c[nH]c2ccccc12. The molecule has 0 aliphatic heterocycles. The molecule has 0 radical (unpaired) electrons. The zero-order chi connectivity index (χ0) is 15.6. The van der Waals surface area contributed by atoms with Crippen molar-refractivity contribution < 1.29 is 8.42 Å². The Balaban J connectivity index is 1.97. The molecule has 22 heavy (non-hydrogen) atoms. The highest BCUT2D eigenvalue weighted by Gasteiger charge is 2.21. The second kappa shape index (κ2) is 5.79. The van der Waals surface area contributed by atoms with Gasteiger partial charge in [0.25, 0.3) is 0 Å². The average Bonchev–Trinajstić information content (AvgIpc) is 2.97. The fraction of sp³-hybridized carbons (Fsp3) is 0.0588. The molecule has 4 nitrogen and oxygen atoms in total. The largest absolute Gasteiger partial charge is 0.361 e. The third-order valence-corrected chi connectivity index (χ3v) is 4.98. The van der Waals surface area contributed by atoms with Crippen LogP contribution in [-0.4, -0.2) is 13.4 Å². The van der Waals surface area contributed by atoms with Gasteiger partial charge in [-0.1, -0.05) is 42.5 Å². The van der Waals surface area contributed by atoms with E-state index in [1.807, 2.05) is 30.5 Å². The first-order chi connectivity index (χ1) is 10.6. The van der Waals surface area contributed by atoms with Gasteiger partial charge in [-0.3, -0.25) is 0 Å². The van der Waals surface area contributed by atoms with Gasteiger partial charge >= 0.3 is 0 Å². The molecule has 0 bridgehead atoms. The molecule has 0 aliphatic carbocycles. The highest BCUT2D eigenvalue weighted by Crippen LogP contribution is 2.26. The van der Waals surface area contributed by atoms with Crippen LogP contribution >= 0.6 is 0 Å². The van der Waals surface area contributed by atoms with Crippen molar-refractivity contribution >= 4 is 20.9 Å². The summed E-state index contributed by atoms with van der Waals surface area (Å²) in [7, 11) is -3.60. The fourth-order valence-corrected chi connectivity index (χ4v) is 3.63. The minimum absolute atomic E-state index is 0.238. The molecule has 3 aromatic rings. The summed E-state index contributed by atoms with van der Waals surface area (Å²) >= 11 is 0. The van der Waals surface area contributed by atoms with Gasteiger partial charge in [0.1, 0.15) is 0 Å². The molecule has 112 valence electrons. The number of hydrogen-bond donors (Lipinski definition) is 2. The van der Waals surface area contributed by atoms with E-state index < -0.39 is 16.1 Å². The molecular weight excluding hydrogens is 296 g/mol. The molecule has 3 rings (SSSR count). The maximum absolute atomic E-state index is 12.5. The third-order valence-electron chi connectivity index (χ3n) is 3.53. The van der Waals surface area contributed by atoms with Crippen LogP contribution in [0.1, 0.15) is 11.6 Å². The van der Waals surface area contributed by atoms with Crippen molar-refractivity contribution in [3.63, 3.8) is 0 Å². The summed E-state index contributed by atoms with van der Waals surface area (Å²) in [6, 6.07) is 15.6. The Bertz CT molecular complexity index is 899. The van der Waals surface area contributed by atoms with Gasteiger partial charge in [-0.05, 0) is 23.8 Å². The van der Waals surface area contributed by atoms with Crippen molar-refractivity contribution in [1.82, 2.24) is 9.71 Å². The van der Waals surface area contributed by atoms with Crippen molar-refractivity contribution in [3.05, 3.63) is 79.0 Å². The van der Waals surface area contributed by atoms with Gasteiger partial charge in [0.2, 0.25) is 10.0 Å². The lowest BCUT2D eigenvalue weighted by Gasteiger charge is -2.14. The summed E-state index contributed by atoms with van der Waals surface area (Å²) in [6.45, 7) is 3.76. The normalized spacial score (nSPS) is 13.1. The molecule has 1 atom stereocenters. The molecule has 5 heteroatoms. The summed E-state index contributed by atoms with van der Waals surface area (Å²) in [5, 5.41) is 0.975. The Labute approximate surface area is 129 Å². The molecule has 1 heterocycles. The van der Waals surface area contributed by atoms with E-state index in [1.165, 1.54) is 0 Å². The van der Waals surface area contributed by atoms with Crippen LogP contribution in [0.25, 0.3) is 10.9 Å². The predicted molar refractivity (Wildman–Crippen MR) is 88.0 cm³/mol. The number of nitrogens with one attached hydrogen (secondary N) is 2. The molecule has 0 fully saturated rings. The van der Waals surface area contributed by atoms with E-state index in [1.54, 1.807) is 36.4 Å². The topological polar surface area (TPSA) is 62.0 Å². The van der Waals surface area contributed by atoms with Gasteiger partial charge < -0.3 is 4.98 Å². The molecule has 0 amide bonds. The number of rotatable bonds is 5. The van der Waals surface area contributed by atoms with E-state index in [9.17, 15) is 8.42 Å². The molecule has 1 unspecified atom stereocenters. The lowest BCUT2D eigenvalue weighted by atomic mass is 10.1. The van der Waals surface area contributed by atoms with E-state index in [0.717, 1.165) is 16.5 Å². The van der Waals surface area contributed by atoms with Crippen molar-refractivity contribution in [3.8, 4) is 0 Å². The highest BCUT2D eigenvalue weighted by molar-refractivity contribution is 7.89. The van der Waals surface area contributed by atoms with Gasteiger partial charge in [0.15, 0.2) is 0 Å². The van der Waals surface area contributed by atoms with E-state index >= 15 is 0 Å². The van der Waals surface area contributed by atoms with Crippen LogP contribution in [0.15, 0.2) is 78.3 Å². The van der Waals surface area contributed by atoms with E-state index in [-0.39, 0.29) is 4.90 Å². The van der Waals surface area contributed by atoms with Crippen molar-refractivity contribution in [2.75, 3.05) is 0 Å². The number of aromatic nitrogens is 1. The van der Waals surface area contributed by atoms with Crippen LogP contribution in [-0.2, 0) is 10.0 Å². The summed E-state index contributed by atoms with van der Waals surface area (Å²) in [4.78, 5) is 3.38. The number of benzene rings is 2. The Kier molecular flexibility index (Phi) is 3.83. The minimum atomic E-state index is -3.60. The molecular formula is C17H16N2O2S. The Morgan fingerprint density at radius 2 is 1.73 bits per heavy atom. The van der Waals surface area contributed by atoms with E-state index in [0.29, 0.717) is 0 Å². The molecule has 1 aromatic heterocycles. The van der Waals surface area contributed by atoms with Crippen LogP contribution < -0.4 is 4.72 Å². The standard InChI is InChI=1S/C17H16N2O2S/c1-2-16(15-12-18-17-11-7-6-10-14(15)17)19-22(20,21)13-8-4-3-5-9-13/h2-12,16,18-19H,1H2. The van der Waals surface area contributed by atoms with Gasteiger partial charge in [-0.25, -0.2) is 8.42 Å². The molecule has 0 saturated carbocycles. The van der Waals surface area contributed by atoms with Gasteiger partial charge in [-0.2, -0.15) is 4.72 Å². The first kappa shape index (κ1) is 14.6. The van der Waals surface area contributed by atoms with Crippen molar-refractivity contribution in [1.29, 1.82) is 0 Å². The van der Waals surface area contributed by atoms with Crippen molar-refractivity contribution in [2.45, 2.75) is 10.9 Å². The fourth-order valence-electron chi connectivity index (χ4n) is 2.42. The number of aromatic amines is 1. The second-order valence-corrected chi connectivity index (χ2v) is 6.65. The first-order valence-corrected chi connectivity index (χ1v) is 8.36. The maximum atomic E-state index is 12.5. The van der Waals surface area contributed by atoms with Crippen LogP contribution in [0, 0.1) is 0 Å². The minimum Gasteiger partial charge on any atom is -0.361 e. The van der Waals surface area contributed by atoms with Crippen molar-refractivity contribution in [2.24, 2.45) is 0 Å². The monoisotopic (exact) mass is 312 g/mol. The molecule has 2 aromatic carbocycles. The predicted octanol–water partition coefficient (Wildman–Crippen LogP) is 3.37. The lowest BCUT2D eigenvalue weighted by molar-refractivity contribution is 0.575. The molecule has 0 saturated heterocycles. The lowest BCUT2D eigenvalue weighted by Crippen LogP contribution is -2.27. The van der Waals surface area contributed by atoms with E-state index in [4.69, 9.17) is 0 Å². The second-order valence-electron chi connectivity index (χ2n) is 4.94. The highest BCUT2D eigenvalue weighted by atomic mass is 32.2. The van der Waals surface area contributed by atoms with E-state index in [2.05, 4.69) is 16.3 Å². The Morgan fingerprint density at radius 3 is 2.45 bits per heavy atom. The summed E-state index contributed by atoms with van der Waals surface area (Å²) in [5.41, 5.74) is 1.81. The third kappa shape index (κ3) is 2.68. The van der Waals surface area contributed by atoms with Crippen LogP contribution in [0.4, 0.5) is 0 Å². The zero-order valence-corrected chi connectivity index (χ0v) is 12.7. The maximum Gasteiger partial charge on any atom is 0.241 e. The molecule has 0 aliphatic rings. The number of H-pyrrole nitrogens is 1. The smallest absolute Gasteiger partial charge is 0.241 e. The van der Waals surface area contributed by atoms with Crippen LogP contribution in [0.5, 0.6) is 0 Å². The number of hydrogen-bond acceptors (Lipinski definition) is 2. The number of fused-ring (bicyclic) bond motifs is 1. The average molecular weight is 312 g/mol. The van der Waals surface area contributed by atoms with Crippen LogP contribution in [0.2, 0.25) is 0 Å². The summed E-state index contributed by atoms with van der Waals surface area (Å²) in [6.07, 6.45) is 3.40. The summed E-state index contributed by atoms with van der Waals surface area (Å²) in [5.74, 6) is 0. The summed E-state index contributed by atoms with van der Waals surface area (Å²) < 4.78 is 27.6. The van der Waals surface area contributed by atoms with Gasteiger partial charge in [-0.15, -0.1) is 6.58 Å². The molecule has 2 N–H and O–H groups in total. The van der Waals surface area contributed by atoms with Gasteiger partial charge in [0, 0.05) is 17.1 Å². The number of sulfonamides is 1. The quantitative estimate of drug-likeness (QED) is 0.710. The van der Waals surface area contributed by atoms with Gasteiger partial charge in [0.05, 0.1) is 10.9 Å². The van der Waals surface area contributed by atoms with Crippen LogP contribution in [0.3, 0.4) is 0 Å². The molecule has 0 spiro atoms.